The van der Waals surface area contributed by atoms with E-state index < -0.39 is 0 Å². The summed E-state index contributed by atoms with van der Waals surface area (Å²) in [6, 6.07) is 23.9. The van der Waals surface area contributed by atoms with Crippen LogP contribution in [-0.4, -0.2) is 4.98 Å². The first-order valence-electron chi connectivity index (χ1n) is 9.41. The van der Waals surface area contributed by atoms with Gasteiger partial charge in [-0.2, -0.15) is 0 Å². The molecule has 1 heteroatoms. The molecule has 0 spiro atoms. The Kier molecular flexibility index (Phi) is 4.65. The molecular formula is C24H25N. The highest BCUT2D eigenvalue weighted by molar-refractivity contribution is 5.70. The Balaban J connectivity index is 1.63. The second-order valence-electron chi connectivity index (χ2n) is 7.38. The van der Waals surface area contributed by atoms with Gasteiger partial charge in [-0.25, -0.2) is 0 Å². The molecule has 3 aromatic rings. The summed E-state index contributed by atoms with van der Waals surface area (Å²) in [5.74, 6) is 1.62. The average Bonchev–Trinajstić information content (AvgIpc) is 2.69. The lowest BCUT2D eigenvalue weighted by atomic mass is 9.79. The minimum atomic E-state index is 0.728. The van der Waals surface area contributed by atoms with Crippen LogP contribution in [0.1, 0.15) is 44.1 Å². The van der Waals surface area contributed by atoms with Gasteiger partial charge in [0.05, 0.1) is 5.69 Å². The molecule has 1 aliphatic carbocycles. The summed E-state index contributed by atoms with van der Waals surface area (Å²) in [6.07, 6.45) is 7.31. The van der Waals surface area contributed by atoms with Gasteiger partial charge in [0.1, 0.15) is 0 Å². The third kappa shape index (κ3) is 3.66. The molecule has 1 aliphatic rings. The molecule has 0 N–H and O–H groups in total. The Labute approximate surface area is 150 Å². The fraction of sp³-hybridized carbons (Fsp3) is 0.292. The van der Waals surface area contributed by atoms with Crippen molar-refractivity contribution in [3.8, 4) is 22.4 Å². The molecule has 2 aromatic carbocycles. The van der Waals surface area contributed by atoms with E-state index in [-0.39, 0.29) is 0 Å². The highest BCUT2D eigenvalue weighted by Crippen LogP contribution is 2.37. The van der Waals surface area contributed by atoms with E-state index in [0.29, 0.717) is 0 Å². The number of benzene rings is 2. The number of pyridine rings is 1. The molecule has 1 saturated carbocycles. The van der Waals surface area contributed by atoms with Gasteiger partial charge in [-0.15, -0.1) is 0 Å². The van der Waals surface area contributed by atoms with Crippen LogP contribution in [0.15, 0.2) is 72.9 Å². The molecule has 4 rings (SSSR count). The summed E-state index contributed by atoms with van der Waals surface area (Å²) in [4.78, 5) is 4.56. The SMILES string of the molecule is CC1CCC(c2cccc(-c3ccnc(-c4ccccc4)c3)c2)CC1. The van der Waals surface area contributed by atoms with Crippen molar-refractivity contribution in [3.05, 3.63) is 78.5 Å². The monoisotopic (exact) mass is 327 g/mol. The largest absolute Gasteiger partial charge is 0.256 e. The van der Waals surface area contributed by atoms with Crippen LogP contribution in [0.2, 0.25) is 0 Å². The maximum absolute atomic E-state index is 4.56. The van der Waals surface area contributed by atoms with Crippen molar-refractivity contribution in [2.24, 2.45) is 5.92 Å². The van der Waals surface area contributed by atoms with Gasteiger partial charge in [-0.3, -0.25) is 4.98 Å². The number of hydrogen-bond acceptors (Lipinski definition) is 1. The number of nitrogens with zero attached hydrogens (tertiary/aromatic N) is 1. The minimum absolute atomic E-state index is 0.728. The second kappa shape index (κ2) is 7.23. The van der Waals surface area contributed by atoms with Gasteiger partial charge in [-0.05, 0) is 53.5 Å². The fourth-order valence-electron chi connectivity index (χ4n) is 3.94. The third-order valence-electron chi connectivity index (χ3n) is 5.54. The quantitative estimate of drug-likeness (QED) is 0.521. The first-order chi connectivity index (χ1) is 12.3. The molecule has 1 aromatic heterocycles. The summed E-state index contributed by atoms with van der Waals surface area (Å²) in [6.45, 7) is 2.38. The van der Waals surface area contributed by atoms with Gasteiger partial charge in [0.25, 0.3) is 0 Å². The molecule has 25 heavy (non-hydrogen) atoms. The maximum Gasteiger partial charge on any atom is 0.0708 e. The maximum atomic E-state index is 4.56. The van der Waals surface area contributed by atoms with E-state index in [4.69, 9.17) is 0 Å². The van der Waals surface area contributed by atoms with Gasteiger partial charge in [0.15, 0.2) is 0 Å². The van der Waals surface area contributed by atoms with E-state index in [9.17, 15) is 0 Å². The Morgan fingerprint density at radius 1 is 0.720 bits per heavy atom. The van der Waals surface area contributed by atoms with E-state index in [0.717, 1.165) is 17.5 Å². The lowest BCUT2D eigenvalue weighted by molar-refractivity contribution is 0.348. The fourth-order valence-corrected chi connectivity index (χ4v) is 3.94. The zero-order chi connectivity index (χ0) is 17.1. The Hall–Kier alpha value is -2.41. The van der Waals surface area contributed by atoms with E-state index in [1.54, 1.807) is 0 Å². The molecular weight excluding hydrogens is 302 g/mol. The summed E-state index contributed by atoms with van der Waals surface area (Å²) in [5, 5.41) is 0. The zero-order valence-electron chi connectivity index (χ0n) is 14.9. The molecule has 0 aliphatic heterocycles. The first kappa shape index (κ1) is 16.1. The lowest BCUT2D eigenvalue weighted by Gasteiger charge is -2.26. The van der Waals surface area contributed by atoms with Crippen LogP contribution in [0.3, 0.4) is 0 Å². The molecule has 0 bridgehead atoms. The average molecular weight is 327 g/mol. The second-order valence-corrected chi connectivity index (χ2v) is 7.38. The van der Waals surface area contributed by atoms with Crippen LogP contribution in [0.5, 0.6) is 0 Å². The number of rotatable bonds is 3. The topological polar surface area (TPSA) is 12.9 Å². The van der Waals surface area contributed by atoms with Gasteiger partial charge < -0.3 is 0 Å². The summed E-state index contributed by atoms with van der Waals surface area (Å²) < 4.78 is 0. The van der Waals surface area contributed by atoms with Crippen LogP contribution in [0, 0.1) is 5.92 Å². The van der Waals surface area contributed by atoms with Crippen LogP contribution in [-0.2, 0) is 0 Å². The Bertz CT molecular complexity index is 829. The van der Waals surface area contributed by atoms with Crippen molar-refractivity contribution in [2.45, 2.75) is 38.5 Å². The van der Waals surface area contributed by atoms with Crippen molar-refractivity contribution in [1.29, 1.82) is 0 Å². The minimum Gasteiger partial charge on any atom is -0.256 e. The molecule has 1 heterocycles. The Morgan fingerprint density at radius 2 is 1.44 bits per heavy atom. The molecule has 0 amide bonds. The number of hydrogen-bond donors (Lipinski definition) is 0. The molecule has 0 atom stereocenters. The van der Waals surface area contributed by atoms with Crippen LogP contribution < -0.4 is 0 Å². The van der Waals surface area contributed by atoms with Gasteiger partial charge in [0.2, 0.25) is 0 Å². The van der Waals surface area contributed by atoms with Crippen LogP contribution in [0.4, 0.5) is 0 Å². The van der Waals surface area contributed by atoms with E-state index in [1.165, 1.54) is 47.9 Å². The number of aromatic nitrogens is 1. The van der Waals surface area contributed by atoms with Crippen LogP contribution >= 0.6 is 0 Å². The first-order valence-corrected chi connectivity index (χ1v) is 9.41. The van der Waals surface area contributed by atoms with Crippen molar-refractivity contribution in [2.75, 3.05) is 0 Å². The molecule has 1 fully saturated rings. The van der Waals surface area contributed by atoms with Crippen molar-refractivity contribution in [3.63, 3.8) is 0 Å². The lowest BCUT2D eigenvalue weighted by Crippen LogP contribution is -2.10. The molecule has 0 unspecified atom stereocenters. The van der Waals surface area contributed by atoms with Crippen molar-refractivity contribution < 1.29 is 0 Å². The normalized spacial score (nSPS) is 20.4. The molecule has 0 radical (unpaired) electrons. The summed E-state index contributed by atoms with van der Waals surface area (Å²) >= 11 is 0. The van der Waals surface area contributed by atoms with Crippen molar-refractivity contribution in [1.82, 2.24) is 4.98 Å². The standard InChI is InChI=1S/C24H25N/c1-18-10-12-19(13-11-18)21-8-5-9-22(16-21)23-14-15-25-24(17-23)20-6-3-2-4-7-20/h2-9,14-19H,10-13H2,1H3. The van der Waals surface area contributed by atoms with Gasteiger partial charge in [-0.1, -0.05) is 74.4 Å². The van der Waals surface area contributed by atoms with Crippen LogP contribution in [0.25, 0.3) is 22.4 Å². The molecule has 0 saturated heterocycles. The zero-order valence-corrected chi connectivity index (χ0v) is 14.9. The smallest absolute Gasteiger partial charge is 0.0708 e. The van der Waals surface area contributed by atoms with Gasteiger partial charge in [0, 0.05) is 11.8 Å². The highest BCUT2D eigenvalue weighted by Gasteiger charge is 2.19. The van der Waals surface area contributed by atoms with E-state index in [2.05, 4.69) is 72.6 Å². The third-order valence-corrected chi connectivity index (χ3v) is 5.54. The Morgan fingerprint density at radius 3 is 2.24 bits per heavy atom. The highest BCUT2D eigenvalue weighted by atomic mass is 14.7. The van der Waals surface area contributed by atoms with E-state index in [1.807, 2.05) is 12.3 Å². The molecule has 1 nitrogen and oxygen atoms in total. The van der Waals surface area contributed by atoms with E-state index >= 15 is 0 Å². The molecule has 126 valence electrons. The summed E-state index contributed by atoms with van der Waals surface area (Å²) in [5.41, 5.74) is 6.26. The van der Waals surface area contributed by atoms with Gasteiger partial charge >= 0.3 is 0 Å². The predicted octanol–water partition coefficient (Wildman–Crippen LogP) is 6.71. The predicted molar refractivity (Wildman–Crippen MR) is 105 cm³/mol. The van der Waals surface area contributed by atoms with Crippen molar-refractivity contribution >= 4 is 0 Å². The summed E-state index contributed by atoms with van der Waals surface area (Å²) in [7, 11) is 0.